The van der Waals surface area contributed by atoms with Crippen LogP contribution in [0, 0.1) is 0 Å². The summed E-state index contributed by atoms with van der Waals surface area (Å²) >= 11 is 0. The van der Waals surface area contributed by atoms with Crippen molar-refractivity contribution < 1.29 is 4.74 Å². The van der Waals surface area contributed by atoms with E-state index in [1.54, 1.807) is 7.11 Å². The second-order valence-electron chi connectivity index (χ2n) is 7.98. The summed E-state index contributed by atoms with van der Waals surface area (Å²) in [6.07, 6.45) is 5.09. The van der Waals surface area contributed by atoms with Crippen molar-refractivity contribution in [3.63, 3.8) is 0 Å². The van der Waals surface area contributed by atoms with Gasteiger partial charge in [-0.3, -0.25) is 0 Å². The molecule has 162 valence electrons. The van der Waals surface area contributed by atoms with E-state index in [1.807, 2.05) is 54.6 Å². The Bertz CT molecular complexity index is 1010. The number of hydrogen-bond acceptors (Lipinski definition) is 6. The molecule has 0 radical (unpaired) electrons. The topological polar surface area (TPSA) is 53.5 Å². The van der Waals surface area contributed by atoms with Crippen LogP contribution in [0.3, 0.4) is 0 Å². The number of benzene rings is 2. The van der Waals surface area contributed by atoms with E-state index in [0.29, 0.717) is 5.82 Å². The minimum absolute atomic E-state index is 0.705. The molecule has 2 aromatic carbocycles. The number of aromatic nitrogens is 2. The predicted molar refractivity (Wildman–Crippen MR) is 129 cm³/mol. The van der Waals surface area contributed by atoms with E-state index < -0.39 is 0 Å². The van der Waals surface area contributed by atoms with Crippen LogP contribution in [0.15, 0.2) is 48.5 Å². The van der Waals surface area contributed by atoms with Crippen molar-refractivity contribution in [2.24, 2.45) is 0 Å². The summed E-state index contributed by atoms with van der Waals surface area (Å²) < 4.78 is 5.22. The zero-order valence-electron chi connectivity index (χ0n) is 18.4. The van der Waals surface area contributed by atoms with Gasteiger partial charge in [-0.2, -0.15) is 0 Å². The molecule has 2 heterocycles. The molecule has 0 unspecified atom stereocenters. The quantitative estimate of drug-likeness (QED) is 0.562. The summed E-state index contributed by atoms with van der Waals surface area (Å²) in [5.41, 5.74) is 2.03. The Balaban J connectivity index is 1.42. The first-order valence-corrected chi connectivity index (χ1v) is 10.9. The molecule has 0 spiro atoms. The fraction of sp³-hybridized carbons (Fsp3) is 0.360. The summed E-state index contributed by atoms with van der Waals surface area (Å²) in [6.45, 7) is 6.66. The fourth-order valence-corrected chi connectivity index (χ4v) is 3.77. The first kappa shape index (κ1) is 21.3. The van der Waals surface area contributed by atoms with Crippen LogP contribution in [0.5, 0.6) is 5.75 Å². The molecular weight excluding hydrogens is 386 g/mol. The van der Waals surface area contributed by atoms with E-state index in [0.717, 1.165) is 73.7 Å². The number of para-hydroxylation sites is 1. The van der Waals surface area contributed by atoms with E-state index >= 15 is 0 Å². The van der Waals surface area contributed by atoms with Gasteiger partial charge in [0.25, 0.3) is 0 Å². The van der Waals surface area contributed by atoms with Gasteiger partial charge >= 0.3 is 0 Å². The third-order valence-corrected chi connectivity index (χ3v) is 5.70. The molecule has 31 heavy (non-hydrogen) atoms. The molecule has 0 amide bonds. The van der Waals surface area contributed by atoms with Crippen molar-refractivity contribution in [3.8, 4) is 5.75 Å². The van der Waals surface area contributed by atoms with E-state index in [1.165, 1.54) is 0 Å². The Labute approximate surface area is 184 Å². The maximum Gasteiger partial charge on any atom is 0.154 e. The molecule has 3 aromatic rings. The van der Waals surface area contributed by atoms with Crippen LogP contribution >= 0.6 is 0 Å². The summed E-state index contributed by atoms with van der Waals surface area (Å²) in [7, 11) is 3.87. The Morgan fingerprint density at radius 2 is 1.74 bits per heavy atom. The molecular formula is C25H31N5O. The van der Waals surface area contributed by atoms with E-state index in [-0.39, 0.29) is 0 Å². The van der Waals surface area contributed by atoms with Crippen molar-refractivity contribution in [2.75, 3.05) is 58.7 Å². The van der Waals surface area contributed by atoms with Crippen LogP contribution in [0.25, 0.3) is 23.1 Å². The average molecular weight is 418 g/mol. The highest BCUT2D eigenvalue weighted by Crippen LogP contribution is 2.21. The lowest BCUT2D eigenvalue weighted by Crippen LogP contribution is -2.44. The van der Waals surface area contributed by atoms with Gasteiger partial charge in [-0.05, 0) is 55.9 Å². The number of ether oxygens (including phenoxy) is 1. The SMILES string of the molecule is COc1ccc(/C=C/c2nc(NCCCN3CCN(C)CC3)c3ccccc3n2)cc1. The van der Waals surface area contributed by atoms with Crippen LogP contribution in [0.2, 0.25) is 0 Å². The number of fused-ring (bicyclic) bond motifs is 1. The number of piperazine rings is 1. The van der Waals surface area contributed by atoms with Crippen molar-refractivity contribution in [1.29, 1.82) is 0 Å². The van der Waals surface area contributed by atoms with Gasteiger partial charge in [-0.1, -0.05) is 30.3 Å². The van der Waals surface area contributed by atoms with E-state index in [9.17, 15) is 0 Å². The van der Waals surface area contributed by atoms with Crippen LogP contribution < -0.4 is 10.1 Å². The van der Waals surface area contributed by atoms with Gasteiger partial charge < -0.3 is 19.9 Å². The van der Waals surface area contributed by atoms with Crippen LogP contribution in [0.4, 0.5) is 5.82 Å². The molecule has 1 aliphatic heterocycles. The number of rotatable bonds is 8. The zero-order chi connectivity index (χ0) is 21.5. The molecule has 0 atom stereocenters. The maximum atomic E-state index is 5.22. The lowest BCUT2D eigenvalue weighted by Gasteiger charge is -2.32. The molecule has 1 saturated heterocycles. The van der Waals surface area contributed by atoms with Crippen LogP contribution in [-0.2, 0) is 0 Å². The summed E-state index contributed by atoms with van der Waals surface area (Å²) in [5, 5.41) is 4.61. The van der Waals surface area contributed by atoms with Crippen molar-refractivity contribution in [1.82, 2.24) is 19.8 Å². The van der Waals surface area contributed by atoms with Crippen molar-refractivity contribution >= 4 is 28.9 Å². The molecule has 1 fully saturated rings. The number of nitrogens with zero attached hydrogens (tertiary/aromatic N) is 4. The molecule has 0 aliphatic carbocycles. The molecule has 1 aromatic heterocycles. The molecule has 0 saturated carbocycles. The number of hydrogen-bond donors (Lipinski definition) is 1. The average Bonchev–Trinajstić information content (AvgIpc) is 2.82. The first-order chi connectivity index (χ1) is 15.2. The number of likely N-dealkylation sites (N-methyl/N-ethyl adjacent to an activating group) is 1. The Kier molecular flexibility index (Phi) is 7.12. The predicted octanol–water partition coefficient (Wildman–Crippen LogP) is 3.86. The van der Waals surface area contributed by atoms with Crippen LogP contribution in [-0.4, -0.2) is 73.2 Å². The van der Waals surface area contributed by atoms with E-state index in [4.69, 9.17) is 14.7 Å². The maximum absolute atomic E-state index is 5.22. The van der Waals surface area contributed by atoms with Gasteiger partial charge in [-0.25, -0.2) is 9.97 Å². The lowest BCUT2D eigenvalue weighted by atomic mass is 10.2. The Morgan fingerprint density at radius 1 is 0.968 bits per heavy atom. The third-order valence-electron chi connectivity index (χ3n) is 5.70. The number of methoxy groups -OCH3 is 1. The Morgan fingerprint density at radius 3 is 2.52 bits per heavy atom. The smallest absolute Gasteiger partial charge is 0.154 e. The van der Waals surface area contributed by atoms with Crippen molar-refractivity contribution in [2.45, 2.75) is 6.42 Å². The highest BCUT2D eigenvalue weighted by molar-refractivity contribution is 5.90. The van der Waals surface area contributed by atoms with Gasteiger partial charge in [0.2, 0.25) is 0 Å². The molecule has 4 rings (SSSR count). The van der Waals surface area contributed by atoms with Crippen molar-refractivity contribution in [3.05, 3.63) is 59.9 Å². The van der Waals surface area contributed by atoms with Gasteiger partial charge in [0, 0.05) is 38.1 Å². The molecule has 0 bridgehead atoms. The second-order valence-corrected chi connectivity index (χ2v) is 7.98. The third kappa shape index (κ3) is 5.81. The fourth-order valence-electron chi connectivity index (χ4n) is 3.77. The van der Waals surface area contributed by atoms with Gasteiger partial charge in [0.15, 0.2) is 5.82 Å². The minimum atomic E-state index is 0.705. The minimum Gasteiger partial charge on any atom is -0.497 e. The highest BCUT2D eigenvalue weighted by Gasteiger charge is 2.13. The molecule has 1 N–H and O–H groups in total. The lowest BCUT2D eigenvalue weighted by molar-refractivity contribution is 0.154. The van der Waals surface area contributed by atoms with Crippen LogP contribution in [0.1, 0.15) is 17.8 Å². The van der Waals surface area contributed by atoms with Gasteiger partial charge in [-0.15, -0.1) is 0 Å². The van der Waals surface area contributed by atoms with Gasteiger partial charge in [0.05, 0.1) is 12.6 Å². The highest BCUT2D eigenvalue weighted by atomic mass is 16.5. The normalized spacial score (nSPS) is 15.5. The first-order valence-electron chi connectivity index (χ1n) is 10.9. The molecule has 1 aliphatic rings. The summed E-state index contributed by atoms with van der Waals surface area (Å²) in [4.78, 5) is 14.4. The second kappa shape index (κ2) is 10.4. The molecule has 6 nitrogen and oxygen atoms in total. The van der Waals surface area contributed by atoms with E-state index in [2.05, 4.69) is 28.2 Å². The number of nitrogens with one attached hydrogen (secondary N) is 1. The summed E-state index contributed by atoms with van der Waals surface area (Å²) in [6, 6.07) is 16.1. The monoisotopic (exact) mass is 417 g/mol. The summed E-state index contributed by atoms with van der Waals surface area (Å²) in [5.74, 6) is 2.46. The van der Waals surface area contributed by atoms with Gasteiger partial charge in [0.1, 0.15) is 11.6 Å². The largest absolute Gasteiger partial charge is 0.497 e. The number of anilines is 1. The zero-order valence-corrected chi connectivity index (χ0v) is 18.4. The molecule has 6 heteroatoms. The Hall–Kier alpha value is -2.96. The standard InChI is InChI=1S/C25H31N5O/c1-29-16-18-30(19-17-29)15-5-14-26-25-22-6-3-4-7-23(22)27-24(28-25)13-10-20-8-11-21(31-2)12-9-20/h3-4,6-13H,5,14-19H2,1-2H3,(H,26,27,28)/b13-10+.